The number of nitrogens with zero attached hydrogens (tertiary/aromatic N) is 1. The molecule has 1 aromatic rings. The van der Waals surface area contributed by atoms with Crippen molar-refractivity contribution >= 4 is 26.0 Å². The summed E-state index contributed by atoms with van der Waals surface area (Å²) in [5.74, 6) is 0. The van der Waals surface area contributed by atoms with E-state index in [2.05, 4.69) is 22.9 Å². The highest BCUT2D eigenvalue weighted by atomic mass is 79.9. The lowest BCUT2D eigenvalue weighted by atomic mass is 10.3. The summed E-state index contributed by atoms with van der Waals surface area (Å²) in [4.78, 5) is 0.382. The fourth-order valence-electron chi connectivity index (χ4n) is 1.96. The minimum atomic E-state index is -3.35. The van der Waals surface area contributed by atoms with Crippen LogP contribution in [0.4, 0.5) is 0 Å². The molecule has 0 N–H and O–H groups in total. The summed E-state index contributed by atoms with van der Waals surface area (Å²) >= 11 is 3.33. The van der Waals surface area contributed by atoms with Gasteiger partial charge in [-0.2, -0.15) is 4.31 Å². The number of hydrogen-bond acceptors (Lipinski definition) is 2. The monoisotopic (exact) mass is 331 g/mol. The molecular formula is C13H18BrNO2S. The van der Waals surface area contributed by atoms with Crippen molar-refractivity contribution in [3.63, 3.8) is 0 Å². The van der Waals surface area contributed by atoms with Gasteiger partial charge in [-0.1, -0.05) is 25.5 Å². The van der Waals surface area contributed by atoms with Crippen LogP contribution in [0.3, 0.4) is 0 Å². The van der Waals surface area contributed by atoms with Gasteiger partial charge in [-0.15, -0.1) is 0 Å². The van der Waals surface area contributed by atoms with E-state index in [0.29, 0.717) is 15.9 Å². The van der Waals surface area contributed by atoms with Crippen molar-refractivity contribution in [3.05, 3.63) is 28.7 Å². The molecule has 0 atom stereocenters. The Bertz CT molecular complexity index is 511. The van der Waals surface area contributed by atoms with Gasteiger partial charge in [0.25, 0.3) is 0 Å². The Balaban J connectivity index is 2.30. The minimum Gasteiger partial charge on any atom is -0.207 e. The SMILES string of the molecule is CCCCN(C1CC1)S(=O)(=O)c1ccccc1Br. The second-order valence-electron chi connectivity index (χ2n) is 4.63. The first kappa shape index (κ1) is 14.0. The lowest BCUT2D eigenvalue weighted by molar-refractivity contribution is 0.395. The topological polar surface area (TPSA) is 37.4 Å². The molecule has 1 saturated carbocycles. The van der Waals surface area contributed by atoms with Crippen LogP contribution in [0.5, 0.6) is 0 Å². The highest BCUT2D eigenvalue weighted by molar-refractivity contribution is 9.10. The normalized spacial score (nSPS) is 16.2. The Labute approximate surface area is 117 Å². The second-order valence-corrected chi connectivity index (χ2v) is 7.34. The first-order chi connectivity index (χ1) is 8.57. The van der Waals surface area contributed by atoms with Crippen LogP contribution in [-0.2, 0) is 10.0 Å². The van der Waals surface area contributed by atoms with E-state index in [9.17, 15) is 8.42 Å². The molecule has 0 amide bonds. The van der Waals surface area contributed by atoms with Gasteiger partial charge in [0.2, 0.25) is 10.0 Å². The molecule has 2 rings (SSSR count). The van der Waals surface area contributed by atoms with Gasteiger partial charge in [0.15, 0.2) is 0 Å². The van der Waals surface area contributed by atoms with E-state index in [-0.39, 0.29) is 6.04 Å². The van der Waals surface area contributed by atoms with Crippen LogP contribution in [-0.4, -0.2) is 25.3 Å². The fourth-order valence-corrected chi connectivity index (χ4v) is 4.64. The Morgan fingerprint density at radius 3 is 2.56 bits per heavy atom. The predicted molar refractivity (Wildman–Crippen MR) is 76.0 cm³/mol. The molecule has 0 radical (unpaired) electrons. The third-order valence-electron chi connectivity index (χ3n) is 3.11. The minimum absolute atomic E-state index is 0.216. The van der Waals surface area contributed by atoms with Gasteiger partial charge >= 0.3 is 0 Å². The molecule has 1 aromatic carbocycles. The molecule has 100 valence electrons. The Kier molecular flexibility index (Phi) is 4.45. The number of sulfonamides is 1. The zero-order valence-corrected chi connectivity index (χ0v) is 12.9. The average Bonchev–Trinajstić information content (AvgIpc) is 3.14. The van der Waals surface area contributed by atoms with Gasteiger partial charge in [0.05, 0.1) is 4.90 Å². The van der Waals surface area contributed by atoms with Crippen molar-refractivity contribution < 1.29 is 8.42 Å². The smallest absolute Gasteiger partial charge is 0.207 e. The first-order valence-electron chi connectivity index (χ1n) is 6.33. The lowest BCUT2D eigenvalue weighted by Gasteiger charge is -2.22. The molecule has 18 heavy (non-hydrogen) atoms. The van der Waals surface area contributed by atoms with E-state index in [4.69, 9.17) is 0 Å². The van der Waals surface area contributed by atoms with Gasteiger partial charge in [-0.05, 0) is 47.3 Å². The Morgan fingerprint density at radius 2 is 2.00 bits per heavy atom. The number of unbranched alkanes of at least 4 members (excludes halogenated alkanes) is 1. The Hall–Kier alpha value is -0.390. The van der Waals surface area contributed by atoms with E-state index in [1.54, 1.807) is 22.5 Å². The van der Waals surface area contributed by atoms with Crippen molar-refractivity contribution in [2.45, 2.75) is 43.5 Å². The quantitative estimate of drug-likeness (QED) is 0.801. The van der Waals surface area contributed by atoms with E-state index in [1.807, 2.05) is 6.07 Å². The summed E-state index contributed by atoms with van der Waals surface area (Å²) in [6.45, 7) is 2.71. The molecule has 1 aliphatic carbocycles. The van der Waals surface area contributed by atoms with Gasteiger partial charge < -0.3 is 0 Å². The van der Waals surface area contributed by atoms with Crippen molar-refractivity contribution in [3.8, 4) is 0 Å². The molecule has 0 spiro atoms. The van der Waals surface area contributed by atoms with E-state index < -0.39 is 10.0 Å². The molecule has 1 aliphatic rings. The number of halogens is 1. The summed E-state index contributed by atoms with van der Waals surface area (Å²) < 4.78 is 27.6. The zero-order chi connectivity index (χ0) is 13.2. The van der Waals surface area contributed by atoms with Gasteiger partial charge in [0, 0.05) is 17.1 Å². The maximum Gasteiger partial charge on any atom is 0.244 e. The first-order valence-corrected chi connectivity index (χ1v) is 8.57. The van der Waals surface area contributed by atoms with E-state index in [0.717, 1.165) is 25.7 Å². The van der Waals surface area contributed by atoms with Gasteiger partial charge in [0.1, 0.15) is 0 Å². The number of rotatable bonds is 6. The van der Waals surface area contributed by atoms with Crippen molar-refractivity contribution in [2.24, 2.45) is 0 Å². The highest BCUT2D eigenvalue weighted by Gasteiger charge is 2.38. The van der Waals surface area contributed by atoms with Crippen molar-refractivity contribution in [1.82, 2.24) is 4.31 Å². The summed E-state index contributed by atoms with van der Waals surface area (Å²) in [7, 11) is -3.35. The van der Waals surface area contributed by atoms with Crippen molar-refractivity contribution in [2.75, 3.05) is 6.54 Å². The van der Waals surface area contributed by atoms with Crippen LogP contribution in [0, 0.1) is 0 Å². The molecule has 3 nitrogen and oxygen atoms in total. The second kappa shape index (κ2) is 5.72. The van der Waals surface area contributed by atoms with Crippen LogP contribution >= 0.6 is 15.9 Å². The molecule has 0 unspecified atom stereocenters. The molecule has 0 heterocycles. The summed E-state index contributed by atoms with van der Waals surface area (Å²) in [5, 5.41) is 0. The van der Waals surface area contributed by atoms with E-state index >= 15 is 0 Å². The standard InChI is InChI=1S/C13H18BrNO2S/c1-2-3-10-15(11-8-9-11)18(16,17)13-7-5-4-6-12(13)14/h4-7,11H,2-3,8-10H2,1H3. The molecule has 0 aromatic heterocycles. The molecule has 0 bridgehead atoms. The largest absolute Gasteiger partial charge is 0.244 e. The van der Waals surface area contributed by atoms with Crippen molar-refractivity contribution in [1.29, 1.82) is 0 Å². The van der Waals surface area contributed by atoms with Gasteiger partial charge in [-0.3, -0.25) is 0 Å². The lowest BCUT2D eigenvalue weighted by Crippen LogP contribution is -2.34. The highest BCUT2D eigenvalue weighted by Crippen LogP contribution is 2.34. The maximum absolute atomic E-state index is 12.6. The van der Waals surface area contributed by atoms with Crippen LogP contribution in [0.15, 0.2) is 33.6 Å². The average molecular weight is 332 g/mol. The van der Waals surface area contributed by atoms with Crippen LogP contribution in [0.1, 0.15) is 32.6 Å². The molecule has 5 heteroatoms. The Morgan fingerprint density at radius 1 is 1.33 bits per heavy atom. The molecule has 1 fully saturated rings. The third kappa shape index (κ3) is 2.95. The molecular weight excluding hydrogens is 314 g/mol. The fraction of sp³-hybridized carbons (Fsp3) is 0.538. The summed E-state index contributed by atoms with van der Waals surface area (Å²) in [5.41, 5.74) is 0. The molecule has 0 aliphatic heterocycles. The van der Waals surface area contributed by atoms with E-state index in [1.165, 1.54) is 0 Å². The summed E-state index contributed by atoms with van der Waals surface area (Å²) in [6, 6.07) is 7.26. The van der Waals surface area contributed by atoms with Crippen LogP contribution in [0.25, 0.3) is 0 Å². The predicted octanol–water partition coefficient (Wildman–Crippen LogP) is 3.40. The summed E-state index contributed by atoms with van der Waals surface area (Å²) in [6.07, 6.45) is 3.91. The van der Waals surface area contributed by atoms with Crippen LogP contribution < -0.4 is 0 Å². The van der Waals surface area contributed by atoms with Crippen LogP contribution in [0.2, 0.25) is 0 Å². The zero-order valence-electron chi connectivity index (χ0n) is 10.5. The third-order valence-corrected chi connectivity index (χ3v) is 6.07. The maximum atomic E-state index is 12.6. The molecule has 0 saturated heterocycles. The van der Waals surface area contributed by atoms with Gasteiger partial charge in [-0.25, -0.2) is 8.42 Å². The number of hydrogen-bond donors (Lipinski definition) is 0. The number of benzene rings is 1.